The fourth-order valence-corrected chi connectivity index (χ4v) is 6.11. The highest BCUT2D eigenvalue weighted by Gasteiger charge is 2.77. The van der Waals surface area contributed by atoms with E-state index < -0.39 is 41.0 Å². The molecule has 6 N–H and O–H groups in total. The third-order valence-corrected chi connectivity index (χ3v) is 8.02. The predicted molar refractivity (Wildman–Crippen MR) is 170 cm³/mol. The van der Waals surface area contributed by atoms with Crippen LogP contribution >= 0.6 is 0 Å². The van der Waals surface area contributed by atoms with E-state index in [4.69, 9.17) is 15.2 Å². The number of fused-ring (bicyclic) bond motifs is 1. The van der Waals surface area contributed by atoms with E-state index in [-0.39, 0.29) is 28.1 Å². The summed E-state index contributed by atoms with van der Waals surface area (Å²) in [7, 11) is 2.21. The number of nitrogens with one attached hydrogen (secondary N) is 4. The molecule has 0 fully saturated rings. The maximum atomic E-state index is 15.0. The molecule has 0 bridgehead atoms. The van der Waals surface area contributed by atoms with Crippen LogP contribution in [0.15, 0.2) is 114 Å². The lowest BCUT2D eigenvalue weighted by molar-refractivity contribution is -0.139. The van der Waals surface area contributed by atoms with Gasteiger partial charge in [-0.05, 0) is 38.1 Å². The van der Waals surface area contributed by atoms with Gasteiger partial charge in [-0.15, -0.1) is 0 Å². The molecule has 14 nitrogen and oxygen atoms in total. The summed E-state index contributed by atoms with van der Waals surface area (Å²) >= 11 is 0. The molecule has 0 atom stereocenters. The summed E-state index contributed by atoms with van der Waals surface area (Å²) in [5, 5.41) is 7.45. The number of ketones is 1. The van der Waals surface area contributed by atoms with Crippen molar-refractivity contribution >= 4 is 41.2 Å². The van der Waals surface area contributed by atoms with Crippen molar-refractivity contribution in [3.8, 4) is 0 Å². The van der Waals surface area contributed by atoms with E-state index in [1.807, 2.05) is 0 Å². The van der Waals surface area contributed by atoms with Crippen molar-refractivity contribution in [3.05, 3.63) is 119 Å². The lowest BCUT2D eigenvalue weighted by Crippen LogP contribution is -2.76. The Labute approximate surface area is 270 Å². The van der Waals surface area contributed by atoms with E-state index in [0.717, 1.165) is 24.2 Å². The minimum absolute atomic E-state index is 0.0454. The summed E-state index contributed by atoms with van der Waals surface area (Å²) < 4.78 is 10.3. The lowest BCUT2D eigenvalue weighted by Gasteiger charge is -2.48. The van der Waals surface area contributed by atoms with Crippen LogP contribution < -0.4 is 27.2 Å². The zero-order valence-corrected chi connectivity index (χ0v) is 26.0. The first kappa shape index (κ1) is 32.2. The zero-order valence-electron chi connectivity index (χ0n) is 26.0. The number of urea groups is 2. The van der Waals surface area contributed by atoms with Crippen LogP contribution in [0.25, 0.3) is 0 Å². The number of esters is 2. The van der Waals surface area contributed by atoms with Crippen LogP contribution in [0, 0.1) is 5.41 Å². The summed E-state index contributed by atoms with van der Waals surface area (Å²) in [4.78, 5) is 69.5. The number of para-hydroxylation sites is 2. The van der Waals surface area contributed by atoms with Crippen molar-refractivity contribution in [2.24, 2.45) is 11.1 Å². The molecule has 0 aromatic heterocycles. The molecule has 0 aliphatic carbocycles. The first-order valence-electron chi connectivity index (χ1n) is 14.4. The molecule has 242 valence electrons. The first-order valence-corrected chi connectivity index (χ1v) is 14.4. The molecule has 2 aliphatic rings. The van der Waals surface area contributed by atoms with Crippen molar-refractivity contribution in [1.29, 1.82) is 0 Å². The molecule has 2 aliphatic heterocycles. The molecule has 5 rings (SSSR count). The van der Waals surface area contributed by atoms with Gasteiger partial charge in [0.1, 0.15) is 0 Å². The molecule has 3 aromatic rings. The summed E-state index contributed by atoms with van der Waals surface area (Å²) in [6.07, 6.45) is 0. The molecule has 0 saturated heterocycles. The highest BCUT2D eigenvalue weighted by molar-refractivity contribution is 6.18. The quantitative estimate of drug-likeness (QED) is 0.181. The van der Waals surface area contributed by atoms with Crippen molar-refractivity contribution in [2.45, 2.75) is 19.6 Å². The summed E-state index contributed by atoms with van der Waals surface area (Å²) in [5.41, 5.74) is 10.2. The Balaban J connectivity index is 1.74. The number of methoxy groups -OCH3 is 2. The third-order valence-electron chi connectivity index (χ3n) is 8.02. The highest BCUT2D eigenvalue weighted by atomic mass is 16.5. The van der Waals surface area contributed by atoms with Crippen LogP contribution in [-0.4, -0.2) is 59.8 Å². The van der Waals surface area contributed by atoms with Crippen molar-refractivity contribution in [2.75, 3.05) is 24.9 Å². The normalized spacial score (nSPS) is 19.9. The minimum Gasteiger partial charge on any atom is -0.466 e. The van der Waals surface area contributed by atoms with E-state index in [9.17, 15) is 24.0 Å². The number of anilines is 2. The van der Waals surface area contributed by atoms with Gasteiger partial charge in [-0.2, -0.15) is 0 Å². The molecule has 0 spiro atoms. The second-order valence-electron chi connectivity index (χ2n) is 10.6. The first-order chi connectivity index (χ1) is 22.5. The molecule has 3 aromatic carbocycles. The maximum absolute atomic E-state index is 15.0. The Morgan fingerprint density at radius 3 is 1.34 bits per heavy atom. The van der Waals surface area contributed by atoms with Gasteiger partial charge in [0, 0.05) is 28.3 Å². The number of nitrogens with zero attached hydrogens (tertiary/aromatic N) is 2. The van der Waals surface area contributed by atoms with E-state index >= 15 is 0 Å². The molecular formula is C33H33N7O7. The molecule has 4 amide bonds. The van der Waals surface area contributed by atoms with Crippen molar-refractivity contribution in [3.63, 3.8) is 0 Å². The molecule has 14 heteroatoms. The van der Waals surface area contributed by atoms with Gasteiger partial charge in [-0.25, -0.2) is 40.0 Å². The number of carbonyl (C=O) groups is 5. The fourth-order valence-electron chi connectivity index (χ4n) is 6.11. The van der Waals surface area contributed by atoms with E-state index in [1.54, 1.807) is 78.9 Å². The van der Waals surface area contributed by atoms with Gasteiger partial charge in [0.15, 0.2) is 11.2 Å². The SMILES string of the molecule is COC(=O)C1=C(C)N(NC(=O)Nc2ccccc2)C2(N)N(NC(=O)Nc3ccccc3)C(C)=C(C(=O)OC)C12C(=O)c1ccccc1. The molecule has 0 saturated carbocycles. The average Bonchev–Trinajstić information content (AvgIpc) is 3.39. The largest absolute Gasteiger partial charge is 0.466 e. The molecule has 2 heterocycles. The number of hydrazine groups is 2. The molecule has 0 unspecified atom stereocenters. The third kappa shape index (κ3) is 5.19. The number of allylic oxidation sites excluding steroid dienone is 2. The predicted octanol–water partition coefficient (Wildman–Crippen LogP) is 3.47. The number of nitrogens with two attached hydrogens (primary N) is 1. The molecule has 0 radical (unpaired) electrons. The number of hydrogen-bond donors (Lipinski definition) is 5. The number of rotatable bonds is 8. The number of amides is 4. The Hall–Kier alpha value is -6.15. The van der Waals surface area contributed by atoms with Crippen molar-refractivity contribution in [1.82, 2.24) is 20.9 Å². The lowest BCUT2D eigenvalue weighted by atomic mass is 9.66. The second-order valence-corrected chi connectivity index (χ2v) is 10.6. The van der Waals surface area contributed by atoms with Gasteiger partial charge >= 0.3 is 24.0 Å². The monoisotopic (exact) mass is 639 g/mol. The van der Waals surface area contributed by atoms with E-state index in [0.29, 0.717) is 11.4 Å². The average molecular weight is 640 g/mol. The number of hydrogen-bond acceptors (Lipinski definition) is 10. The summed E-state index contributed by atoms with van der Waals surface area (Å²) in [6.45, 7) is 2.85. The fraction of sp³-hybridized carbons (Fsp3) is 0.182. The van der Waals surface area contributed by atoms with Crippen LogP contribution in [0.2, 0.25) is 0 Å². The van der Waals surface area contributed by atoms with E-state index in [1.165, 1.54) is 26.0 Å². The summed E-state index contributed by atoms with van der Waals surface area (Å²) in [6, 6.07) is 23.2. The van der Waals surface area contributed by atoms with Gasteiger partial charge in [-0.1, -0.05) is 66.7 Å². The standard InChI is InChI=1S/C33H33N7O7/c1-20-25(28(42)46-3)32(27(41)22-14-8-5-9-15-22)26(29(43)47-4)21(2)40(38-31(45)36-24-18-12-7-13-19-24)33(32,34)39(20)37-30(44)35-23-16-10-6-11-17-23/h5-19H,34H2,1-4H3,(H2,35,37,44)(H2,36,38,45). The smallest absolute Gasteiger partial charge is 0.338 e. The molecular weight excluding hydrogens is 606 g/mol. The van der Waals surface area contributed by atoms with E-state index in [2.05, 4.69) is 21.5 Å². The van der Waals surface area contributed by atoms with Gasteiger partial charge in [0.2, 0.25) is 5.79 Å². The number of carbonyl (C=O) groups excluding carboxylic acids is 5. The van der Waals surface area contributed by atoms with Crippen LogP contribution in [0.5, 0.6) is 0 Å². The Morgan fingerprint density at radius 1 is 0.617 bits per heavy atom. The van der Waals surface area contributed by atoms with Crippen LogP contribution in [0.4, 0.5) is 21.0 Å². The Bertz CT molecular complexity index is 1690. The second kappa shape index (κ2) is 12.7. The Morgan fingerprint density at radius 2 is 0.979 bits per heavy atom. The van der Waals surface area contributed by atoms with Crippen LogP contribution in [0.1, 0.15) is 24.2 Å². The van der Waals surface area contributed by atoms with Gasteiger partial charge in [0.25, 0.3) is 0 Å². The number of Topliss-reactive ketones (excluding diaryl/α,β-unsaturated/α-hetero) is 1. The minimum atomic E-state index is -2.43. The Kier molecular flexibility index (Phi) is 8.71. The van der Waals surface area contributed by atoms with Gasteiger partial charge in [0.05, 0.1) is 25.4 Å². The van der Waals surface area contributed by atoms with Crippen LogP contribution in [-0.2, 0) is 19.1 Å². The maximum Gasteiger partial charge on any atom is 0.338 e. The molecule has 47 heavy (non-hydrogen) atoms. The summed E-state index contributed by atoms with van der Waals surface area (Å²) in [5.74, 6) is -5.25. The zero-order chi connectivity index (χ0) is 33.9. The van der Waals surface area contributed by atoms with Gasteiger partial charge in [-0.3, -0.25) is 10.5 Å². The van der Waals surface area contributed by atoms with Crippen molar-refractivity contribution < 1.29 is 33.4 Å². The number of ether oxygens (including phenoxy) is 2. The van der Waals surface area contributed by atoms with Gasteiger partial charge < -0.3 is 20.1 Å². The van der Waals surface area contributed by atoms with Crippen LogP contribution in [0.3, 0.4) is 0 Å². The highest BCUT2D eigenvalue weighted by Crippen LogP contribution is 2.61. The number of benzene rings is 3. The topological polar surface area (TPSA) is 184 Å².